The third-order valence-corrected chi connectivity index (χ3v) is 25.6. The van der Waals surface area contributed by atoms with Crippen LogP contribution in [0.5, 0.6) is 17.2 Å². The van der Waals surface area contributed by atoms with Gasteiger partial charge >= 0.3 is 0 Å². The van der Waals surface area contributed by atoms with E-state index in [4.69, 9.17) is 42.4 Å². The fourth-order valence-electron chi connectivity index (χ4n) is 13.1. The van der Waals surface area contributed by atoms with E-state index < -0.39 is 28.6 Å². The highest BCUT2D eigenvalue weighted by Crippen LogP contribution is 2.45. The van der Waals surface area contributed by atoms with E-state index in [2.05, 4.69) is 83.6 Å². The molecule has 6 aromatic carbocycles. The first-order chi connectivity index (χ1) is 52.2. The minimum Gasteiger partial charge on any atom is -0.495 e. The van der Waals surface area contributed by atoms with Crippen molar-refractivity contribution in [2.75, 3.05) is 190 Å². The maximum Gasteiger partial charge on any atom is 0.241 e. The van der Waals surface area contributed by atoms with Gasteiger partial charge in [0.2, 0.25) is 23.8 Å². The number of carbonyl (C=O) groups excluding carboxylic acids is 1. The molecule has 0 atom stereocenters. The van der Waals surface area contributed by atoms with Gasteiger partial charge in [-0.15, -0.1) is 0 Å². The van der Waals surface area contributed by atoms with Crippen LogP contribution in [-0.4, -0.2) is 210 Å². The van der Waals surface area contributed by atoms with Gasteiger partial charge in [-0.1, -0.05) is 59.6 Å². The van der Waals surface area contributed by atoms with Crippen molar-refractivity contribution in [1.29, 1.82) is 0 Å². The zero-order valence-electron chi connectivity index (χ0n) is 64.2. The molecule has 1 amide bonds. The number of piperidine rings is 1. The summed E-state index contributed by atoms with van der Waals surface area (Å²) in [4.78, 5) is 53.6. The molecule has 3 aliphatic heterocycles. The molecule has 582 valence electrons. The molecule has 10 aromatic rings. The highest BCUT2D eigenvalue weighted by molar-refractivity contribution is 7.71. The number of methoxy groups -OCH3 is 3. The normalized spacial score (nSPS) is 14.4. The van der Waals surface area contributed by atoms with Crippen LogP contribution in [-0.2, 0) is 29.5 Å². The molecule has 2 fully saturated rings. The van der Waals surface area contributed by atoms with E-state index in [1.165, 1.54) is 18.5 Å². The predicted molar refractivity (Wildman–Crippen MR) is 451 cm³/mol. The van der Waals surface area contributed by atoms with E-state index >= 15 is 4.39 Å². The number of piperazine rings is 1. The number of fused-ring (bicyclic) bond motifs is 2. The fraction of sp³-hybridized carbons (Fsp3) is 0.338. The Labute approximate surface area is 651 Å². The van der Waals surface area contributed by atoms with Crippen LogP contribution in [0.3, 0.4) is 0 Å². The Morgan fingerprint density at radius 1 is 0.536 bits per heavy atom. The summed E-state index contributed by atoms with van der Waals surface area (Å²) >= 11 is 12.7. The molecule has 110 heavy (non-hydrogen) atoms. The van der Waals surface area contributed by atoms with Gasteiger partial charge in [0.15, 0.2) is 11.6 Å². The Morgan fingerprint density at radius 2 is 1.02 bits per heavy atom. The molecule has 4 aromatic heterocycles. The maximum absolute atomic E-state index is 15.5. The van der Waals surface area contributed by atoms with E-state index in [0.717, 1.165) is 91.5 Å². The van der Waals surface area contributed by atoms with E-state index in [-0.39, 0.29) is 17.7 Å². The van der Waals surface area contributed by atoms with Crippen molar-refractivity contribution in [1.82, 2.24) is 49.6 Å². The SMILES string of the molecule is COc1cc(N2CCC(N3CCN(C)CC3)CC2)c(F)cc1Nc1ncc(Cl)c(Nc2ccccc2P(C)(C)=O)n1.COc1cc(P(C)(C)=O)ccc1Nc1ncc(Cl)c(Nc2ccccc2P(C)(C)=O)n1.COc1cc2c(cc1Nc1nc(Nc3ccccc3P(C)(C)=O)c3cc[nH]c3n1)N(C(=O)CN(C)C)CC2. The lowest BCUT2D eigenvalue weighted by molar-refractivity contribution is -0.119. The van der Waals surface area contributed by atoms with Crippen molar-refractivity contribution in [2.45, 2.75) is 25.3 Å². The largest absolute Gasteiger partial charge is 0.495 e. The topological polar surface area (TPSA) is 295 Å². The highest BCUT2D eigenvalue weighted by Gasteiger charge is 2.31. The van der Waals surface area contributed by atoms with Gasteiger partial charge < -0.3 is 89.0 Å². The lowest BCUT2D eigenvalue weighted by Gasteiger charge is -2.42. The molecular weight excluding hydrogens is 1520 g/mol. The number of anilines is 14. The van der Waals surface area contributed by atoms with E-state index in [1.54, 1.807) is 105 Å². The van der Waals surface area contributed by atoms with Crippen LogP contribution in [0.1, 0.15) is 18.4 Å². The van der Waals surface area contributed by atoms with E-state index in [1.807, 2.05) is 115 Å². The summed E-state index contributed by atoms with van der Waals surface area (Å²) < 4.78 is 82.9. The van der Waals surface area contributed by atoms with Crippen molar-refractivity contribution in [3.63, 3.8) is 0 Å². The summed E-state index contributed by atoms with van der Waals surface area (Å²) in [5.74, 6) is 3.49. The average molecular weight is 1610 g/mol. The molecule has 3 aliphatic rings. The summed E-state index contributed by atoms with van der Waals surface area (Å²) in [5, 5.41) is 23.5. The number of aromatic nitrogens is 7. The van der Waals surface area contributed by atoms with Gasteiger partial charge in [-0.2, -0.15) is 19.9 Å². The number of ether oxygens (including phenoxy) is 3. The third-order valence-electron chi connectivity index (χ3n) is 18.8. The molecule has 0 unspecified atom stereocenters. The summed E-state index contributed by atoms with van der Waals surface area (Å²) in [6.07, 6.45) is 7.52. The molecule has 0 bridgehead atoms. The number of para-hydroxylation sites is 3. The first-order valence-corrected chi connectivity index (χ1v) is 46.8. The predicted octanol–water partition coefficient (Wildman–Crippen LogP) is 14.5. The molecule has 0 aliphatic carbocycles. The Hall–Kier alpha value is -9.12. The zero-order valence-corrected chi connectivity index (χ0v) is 69.3. The lowest BCUT2D eigenvalue weighted by Crippen LogP contribution is -2.52. The van der Waals surface area contributed by atoms with Crippen molar-refractivity contribution in [2.24, 2.45) is 0 Å². The molecule has 7 heterocycles. The molecule has 2 saturated heterocycles. The second-order valence-corrected chi connectivity index (χ2v) is 42.4. The summed E-state index contributed by atoms with van der Waals surface area (Å²) in [6, 6.07) is 37.0. The number of carbonyl (C=O) groups is 1. The van der Waals surface area contributed by atoms with Crippen molar-refractivity contribution in [3.8, 4) is 17.2 Å². The molecule has 0 saturated carbocycles. The molecule has 0 radical (unpaired) electrons. The number of amides is 1. The van der Waals surface area contributed by atoms with Gasteiger partial charge in [-0.25, -0.2) is 14.4 Å². The second-order valence-electron chi connectivity index (χ2n) is 28.8. The molecule has 13 rings (SSSR count). The smallest absolute Gasteiger partial charge is 0.241 e. The zero-order chi connectivity index (χ0) is 79.0. The molecule has 33 heteroatoms. The van der Waals surface area contributed by atoms with E-state index in [9.17, 15) is 23.1 Å². The Bertz CT molecular complexity index is 5200. The van der Waals surface area contributed by atoms with Crippen LogP contribution in [0.15, 0.2) is 140 Å². The van der Waals surface area contributed by atoms with Gasteiger partial charge in [0, 0.05) is 97.1 Å². The number of nitrogens with one attached hydrogen (secondary N) is 7. The number of hydrogen-bond donors (Lipinski definition) is 7. The van der Waals surface area contributed by atoms with Crippen LogP contribution in [0, 0.1) is 5.82 Å². The lowest BCUT2D eigenvalue weighted by atomic mass is 10.0. The number of aromatic amines is 1. The number of hydrogen-bond acceptors (Lipinski definition) is 24. The Morgan fingerprint density at radius 3 is 1.54 bits per heavy atom. The summed E-state index contributed by atoms with van der Waals surface area (Å²) in [5.41, 5.74) is 6.82. The number of rotatable bonds is 23. The Kier molecular flexibility index (Phi) is 26.1. The van der Waals surface area contributed by atoms with Crippen molar-refractivity contribution >= 4 is 171 Å². The van der Waals surface area contributed by atoms with Gasteiger partial charge in [0.25, 0.3) is 0 Å². The third kappa shape index (κ3) is 20.3. The number of nitrogens with zero attached hydrogens (tertiary/aromatic N) is 11. The molecule has 7 N–H and O–H groups in total. The summed E-state index contributed by atoms with van der Waals surface area (Å²) in [7, 11) is 0.640. The standard InChI is InChI=1S/C29H38ClFN7O2P.C27H32N7O3P.C21H25ClN4O3P2/c1-36-13-15-37(16-14-36)20-9-11-38(12-10-20)25-18-26(40-2)24(17-22(25)31)34-29-32-19-21(30)28(35-29)33-23-7-5-6-8-27(23)41(3,4)39;1-33(2)16-24(35)34-13-11-17-14-22(37-3)20(15-21(17)34)30-27-31-25-18(10-12-28-25)26(32-27)29-19-8-6-7-9-23(19)38(4,5)36;1-29-18-12-14(30(2,3)27)10-11-16(18)25-21-23-13-15(22)20(26-21)24-17-8-6-7-9-19(17)31(4,5)28/h5-8,17-20H,9-16H2,1-4H3,(H2,32,33,34,35);6-10,12,14-15H,11,13,16H2,1-5H3,(H3,28,29,30,31,32);6-13H,1-5H3,(H2,23,24,25,26). The number of halogens is 3. The first kappa shape index (κ1) is 81.9. The number of benzene rings is 6. The van der Waals surface area contributed by atoms with Crippen LogP contribution in [0.4, 0.5) is 85.2 Å². The van der Waals surface area contributed by atoms with Gasteiger partial charge in [-0.3, -0.25) is 9.69 Å². The van der Waals surface area contributed by atoms with Crippen molar-refractivity contribution < 1.29 is 41.7 Å². The molecule has 0 spiro atoms. The Balaban J connectivity index is 0.000000165. The van der Waals surface area contributed by atoms with Crippen LogP contribution < -0.4 is 77.1 Å². The van der Waals surface area contributed by atoms with Gasteiger partial charge in [0.05, 0.1) is 85.5 Å². The quantitative estimate of drug-likeness (QED) is 0.0293. The van der Waals surface area contributed by atoms with E-state index in [0.29, 0.717) is 126 Å². The monoisotopic (exact) mass is 1610 g/mol. The number of likely N-dealkylation sites (N-methyl/N-ethyl adjacent to an activating group) is 2. The molecular formula is C77H95Cl2FN18O8P4. The highest BCUT2D eigenvalue weighted by atomic mass is 35.5. The first-order valence-electron chi connectivity index (χ1n) is 35.7. The molecule has 26 nitrogen and oxygen atoms in total. The maximum atomic E-state index is 15.5. The average Bonchev–Trinajstić information content (AvgIpc) is 1.62. The fourth-order valence-corrected chi connectivity index (χ4v) is 17.7. The number of H-pyrrole nitrogens is 1. The van der Waals surface area contributed by atoms with Crippen molar-refractivity contribution in [3.05, 3.63) is 161 Å². The minimum absolute atomic E-state index is 0.0446. The summed E-state index contributed by atoms with van der Waals surface area (Å²) in [6.45, 7) is 20.7. The second kappa shape index (κ2) is 35.1. The van der Waals surface area contributed by atoms with Crippen LogP contribution in [0.25, 0.3) is 11.0 Å². The minimum atomic E-state index is -2.55. The van der Waals surface area contributed by atoms with Gasteiger partial charge in [0.1, 0.15) is 73.1 Å². The van der Waals surface area contributed by atoms with Crippen LogP contribution >= 0.6 is 51.8 Å². The van der Waals surface area contributed by atoms with Crippen LogP contribution in [0.2, 0.25) is 10.0 Å². The van der Waals surface area contributed by atoms with Gasteiger partial charge in [-0.05, 0) is 172 Å².